The molecule has 1 unspecified atom stereocenters. The molecule has 14 heavy (non-hydrogen) atoms. The Hall–Kier alpha value is -0.440. The van der Waals surface area contributed by atoms with Crippen LogP contribution in [0.4, 0.5) is 0 Å². The van der Waals surface area contributed by atoms with Crippen LogP contribution in [-0.4, -0.2) is 12.2 Å². The van der Waals surface area contributed by atoms with Crippen molar-refractivity contribution < 1.29 is 9.84 Å². The summed E-state index contributed by atoms with van der Waals surface area (Å²) in [4.78, 5) is 0. The summed E-state index contributed by atoms with van der Waals surface area (Å²) in [7, 11) is 1.52. The fourth-order valence-corrected chi connectivity index (χ4v) is 1.70. The highest BCUT2D eigenvalue weighted by Gasteiger charge is 2.13. The first-order valence-electron chi connectivity index (χ1n) is 4.31. The van der Waals surface area contributed by atoms with Gasteiger partial charge < -0.3 is 9.84 Å². The molecule has 1 rings (SSSR count). The van der Waals surface area contributed by atoms with Crippen molar-refractivity contribution in [2.75, 3.05) is 7.11 Å². The summed E-state index contributed by atoms with van der Waals surface area (Å²) in [5.74, 6) is 0.517. The lowest BCUT2D eigenvalue weighted by atomic mass is 10.1. The molecular weight excluding hydrogens is 223 g/mol. The van der Waals surface area contributed by atoms with Crippen molar-refractivity contribution in [2.45, 2.75) is 19.4 Å². The van der Waals surface area contributed by atoms with Crippen LogP contribution in [0.15, 0.2) is 12.1 Å². The zero-order valence-electron chi connectivity index (χ0n) is 8.05. The summed E-state index contributed by atoms with van der Waals surface area (Å²) in [5.41, 5.74) is 0.639. The highest BCUT2D eigenvalue weighted by Crippen LogP contribution is 2.34. The summed E-state index contributed by atoms with van der Waals surface area (Å²) in [6.45, 7) is 1.87. The lowest BCUT2D eigenvalue weighted by Gasteiger charge is -2.12. The lowest BCUT2D eigenvalue weighted by Crippen LogP contribution is -1.97. The minimum absolute atomic E-state index is 0.458. The van der Waals surface area contributed by atoms with Crippen LogP contribution >= 0.6 is 23.2 Å². The molecule has 0 heterocycles. The van der Waals surface area contributed by atoms with Gasteiger partial charge in [-0.2, -0.15) is 0 Å². The summed E-state index contributed by atoms with van der Waals surface area (Å²) < 4.78 is 5.00. The summed E-state index contributed by atoms with van der Waals surface area (Å²) in [6.07, 6.45) is 0.0217. The molecule has 2 nitrogen and oxygen atoms in total. The number of benzene rings is 1. The molecular formula is C10H12Cl2O2. The smallest absolute Gasteiger partial charge is 0.138 e. The molecule has 0 radical (unpaired) electrons. The monoisotopic (exact) mass is 234 g/mol. The quantitative estimate of drug-likeness (QED) is 0.869. The molecule has 0 aromatic heterocycles. The summed E-state index contributed by atoms with van der Waals surface area (Å²) in [5, 5.41) is 10.5. The van der Waals surface area contributed by atoms with Gasteiger partial charge in [-0.25, -0.2) is 0 Å². The van der Waals surface area contributed by atoms with Gasteiger partial charge in [0.2, 0.25) is 0 Å². The predicted octanol–water partition coefficient (Wildman–Crippen LogP) is 3.45. The van der Waals surface area contributed by atoms with Crippen LogP contribution in [0.1, 0.15) is 25.0 Å². The average Bonchev–Trinajstić information content (AvgIpc) is 2.19. The van der Waals surface area contributed by atoms with Crippen LogP contribution < -0.4 is 4.74 Å². The van der Waals surface area contributed by atoms with E-state index in [4.69, 9.17) is 27.9 Å². The van der Waals surface area contributed by atoms with Crippen LogP contribution in [0.2, 0.25) is 10.0 Å². The van der Waals surface area contributed by atoms with Gasteiger partial charge in [-0.3, -0.25) is 0 Å². The van der Waals surface area contributed by atoms with E-state index >= 15 is 0 Å². The van der Waals surface area contributed by atoms with E-state index in [-0.39, 0.29) is 0 Å². The second kappa shape index (κ2) is 4.87. The van der Waals surface area contributed by atoms with E-state index in [9.17, 15) is 5.11 Å². The number of rotatable bonds is 3. The minimum Gasteiger partial charge on any atom is -0.495 e. The number of halogens is 2. The fraction of sp³-hybridized carbons (Fsp3) is 0.400. The maximum atomic E-state index is 9.61. The molecule has 1 aromatic carbocycles. The van der Waals surface area contributed by atoms with Gasteiger partial charge in [-0.15, -0.1) is 0 Å². The number of hydrogen-bond acceptors (Lipinski definition) is 2. The molecule has 0 amide bonds. The molecule has 0 aliphatic carbocycles. The second-order valence-corrected chi connectivity index (χ2v) is 3.75. The molecule has 1 N–H and O–H groups in total. The minimum atomic E-state index is -0.578. The Morgan fingerprint density at radius 2 is 2.00 bits per heavy atom. The summed E-state index contributed by atoms with van der Waals surface area (Å²) in [6, 6.07) is 3.25. The van der Waals surface area contributed by atoms with Crippen LogP contribution in [-0.2, 0) is 0 Å². The van der Waals surface area contributed by atoms with E-state index in [0.29, 0.717) is 27.8 Å². The third kappa shape index (κ3) is 2.32. The zero-order valence-corrected chi connectivity index (χ0v) is 9.56. The van der Waals surface area contributed by atoms with Crippen LogP contribution in [0.3, 0.4) is 0 Å². The van der Waals surface area contributed by atoms with Crippen molar-refractivity contribution >= 4 is 23.2 Å². The average molecular weight is 235 g/mol. The number of aliphatic hydroxyl groups excluding tert-OH is 1. The van der Waals surface area contributed by atoms with Crippen LogP contribution in [0.25, 0.3) is 0 Å². The molecule has 1 aromatic rings. The van der Waals surface area contributed by atoms with Gasteiger partial charge in [-0.05, 0) is 12.5 Å². The first-order chi connectivity index (χ1) is 6.60. The lowest BCUT2D eigenvalue weighted by molar-refractivity contribution is 0.173. The standard InChI is InChI=1S/C10H12Cl2O2/c1-3-9(13)6-4-8(12)10(14-2)5-7(6)11/h4-5,9,13H,3H2,1-2H3. The Kier molecular flexibility index (Phi) is 4.05. The molecule has 0 fully saturated rings. The van der Waals surface area contributed by atoms with Gasteiger partial charge >= 0.3 is 0 Å². The van der Waals surface area contributed by atoms with Crippen molar-refractivity contribution in [3.05, 3.63) is 27.7 Å². The van der Waals surface area contributed by atoms with Crippen molar-refractivity contribution in [2.24, 2.45) is 0 Å². The largest absolute Gasteiger partial charge is 0.495 e. The topological polar surface area (TPSA) is 29.5 Å². The highest BCUT2D eigenvalue weighted by atomic mass is 35.5. The van der Waals surface area contributed by atoms with E-state index in [0.717, 1.165) is 0 Å². The number of hydrogen-bond donors (Lipinski definition) is 1. The maximum Gasteiger partial charge on any atom is 0.138 e. The van der Waals surface area contributed by atoms with Crippen LogP contribution in [0.5, 0.6) is 5.75 Å². The van der Waals surface area contributed by atoms with E-state index in [2.05, 4.69) is 0 Å². The van der Waals surface area contributed by atoms with Crippen molar-refractivity contribution in [1.82, 2.24) is 0 Å². The number of ether oxygens (including phenoxy) is 1. The predicted molar refractivity (Wildman–Crippen MR) is 58.3 cm³/mol. The molecule has 0 spiro atoms. The van der Waals surface area contributed by atoms with E-state index < -0.39 is 6.10 Å². The molecule has 0 saturated carbocycles. The molecule has 1 atom stereocenters. The van der Waals surface area contributed by atoms with Gasteiger partial charge in [0.15, 0.2) is 0 Å². The first kappa shape index (κ1) is 11.6. The normalized spacial score (nSPS) is 12.6. The maximum absolute atomic E-state index is 9.61. The Balaban J connectivity index is 3.14. The number of aliphatic hydroxyl groups is 1. The first-order valence-corrected chi connectivity index (χ1v) is 5.06. The van der Waals surface area contributed by atoms with E-state index in [1.807, 2.05) is 6.92 Å². The molecule has 0 aliphatic heterocycles. The Morgan fingerprint density at radius 3 is 2.50 bits per heavy atom. The van der Waals surface area contributed by atoms with Gasteiger partial charge in [0.05, 0.1) is 23.3 Å². The molecule has 4 heteroatoms. The fourth-order valence-electron chi connectivity index (χ4n) is 1.18. The molecule has 78 valence electrons. The van der Waals surface area contributed by atoms with E-state index in [1.165, 1.54) is 7.11 Å². The third-order valence-corrected chi connectivity index (χ3v) is 2.64. The van der Waals surface area contributed by atoms with Gasteiger partial charge in [0, 0.05) is 11.6 Å². The van der Waals surface area contributed by atoms with Gasteiger partial charge in [0.25, 0.3) is 0 Å². The van der Waals surface area contributed by atoms with Gasteiger partial charge in [0.1, 0.15) is 5.75 Å². The Bertz CT molecular complexity index is 326. The van der Waals surface area contributed by atoms with Crippen LogP contribution in [0, 0.1) is 0 Å². The van der Waals surface area contributed by atoms with Gasteiger partial charge in [-0.1, -0.05) is 30.1 Å². The SMILES string of the molecule is CCC(O)c1cc(Cl)c(OC)cc1Cl. The molecule has 0 bridgehead atoms. The molecule has 0 saturated heterocycles. The Labute approximate surface area is 93.4 Å². The van der Waals surface area contributed by atoms with Crippen molar-refractivity contribution in [3.63, 3.8) is 0 Å². The number of methoxy groups -OCH3 is 1. The van der Waals surface area contributed by atoms with Crippen molar-refractivity contribution in [3.8, 4) is 5.75 Å². The van der Waals surface area contributed by atoms with Crippen molar-refractivity contribution in [1.29, 1.82) is 0 Å². The second-order valence-electron chi connectivity index (χ2n) is 2.93. The highest BCUT2D eigenvalue weighted by molar-refractivity contribution is 6.34. The third-order valence-electron chi connectivity index (χ3n) is 2.02. The molecule has 0 aliphatic rings. The Morgan fingerprint density at radius 1 is 1.36 bits per heavy atom. The van der Waals surface area contributed by atoms with E-state index in [1.54, 1.807) is 12.1 Å². The summed E-state index contributed by atoms with van der Waals surface area (Å²) >= 11 is 11.9. The zero-order chi connectivity index (χ0) is 10.7.